The second kappa shape index (κ2) is 6.54. The van der Waals surface area contributed by atoms with E-state index in [1.807, 2.05) is 34.2 Å². The fourth-order valence-corrected chi connectivity index (χ4v) is 5.15. The number of aromatic nitrogens is 3. The third kappa shape index (κ3) is 2.72. The molecule has 0 radical (unpaired) electrons. The second-order valence-corrected chi connectivity index (χ2v) is 9.01. The Balaban J connectivity index is 1.21. The van der Waals surface area contributed by atoms with Crippen molar-refractivity contribution in [1.82, 2.24) is 29.5 Å². The molecule has 0 saturated carbocycles. The van der Waals surface area contributed by atoms with Gasteiger partial charge in [-0.05, 0) is 31.7 Å². The van der Waals surface area contributed by atoms with Gasteiger partial charge in [0.05, 0.1) is 11.2 Å². The van der Waals surface area contributed by atoms with E-state index in [4.69, 9.17) is 5.10 Å². The molecule has 5 heterocycles. The molecule has 3 aliphatic heterocycles. The Morgan fingerprint density at radius 1 is 1.00 bits per heavy atom. The van der Waals surface area contributed by atoms with Gasteiger partial charge in [0.25, 0.3) is 0 Å². The van der Waals surface area contributed by atoms with E-state index in [2.05, 4.69) is 39.8 Å². The molecular formula is C23H26N6O. The highest BCUT2D eigenvalue weighted by Gasteiger charge is 2.52. The van der Waals surface area contributed by atoms with Crippen molar-refractivity contribution >= 4 is 16.9 Å². The van der Waals surface area contributed by atoms with Crippen LogP contribution in [0.3, 0.4) is 0 Å². The molecule has 1 aromatic carbocycles. The Labute approximate surface area is 175 Å². The van der Waals surface area contributed by atoms with Crippen LogP contribution in [0.25, 0.3) is 22.2 Å². The molecule has 2 saturated heterocycles. The van der Waals surface area contributed by atoms with E-state index in [1.54, 1.807) is 0 Å². The van der Waals surface area contributed by atoms with Crippen molar-refractivity contribution in [2.24, 2.45) is 0 Å². The van der Waals surface area contributed by atoms with Gasteiger partial charge < -0.3 is 14.7 Å². The number of aryl methyl sites for hydroxylation is 1. The number of para-hydroxylation sites is 1. The summed E-state index contributed by atoms with van der Waals surface area (Å²) in [7, 11) is 2.11. The zero-order valence-electron chi connectivity index (χ0n) is 17.3. The van der Waals surface area contributed by atoms with Gasteiger partial charge >= 0.3 is 6.03 Å². The lowest BCUT2D eigenvalue weighted by atomic mass is 9.76. The average molecular weight is 403 g/mol. The number of likely N-dealkylation sites (tertiary alicyclic amines) is 1. The van der Waals surface area contributed by atoms with Crippen molar-refractivity contribution in [3.05, 3.63) is 48.3 Å². The Morgan fingerprint density at radius 3 is 2.63 bits per heavy atom. The summed E-state index contributed by atoms with van der Waals surface area (Å²) in [6.45, 7) is 6.11. The topological polar surface area (TPSA) is 57.5 Å². The normalized spacial score (nSPS) is 20.6. The number of rotatable bonds is 1. The van der Waals surface area contributed by atoms with Crippen molar-refractivity contribution in [2.75, 3.05) is 46.3 Å². The van der Waals surface area contributed by atoms with Gasteiger partial charge in [-0.2, -0.15) is 5.10 Å². The first-order valence-corrected chi connectivity index (χ1v) is 10.8. The zero-order valence-corrected chi connectivity index (χ0v) is 17.3. The maximum absolute atomic E-state index is 12.9. The van der Waals surface area contributed by atoms with Crippen molar-refractivity contribution < 1.29 is 4.79 Å². The van der Waals surface area contributed by atoms with Crippen LogP contribution in [-0.4, -0.2) is 81.8 Å². The zero-order chi connectivity index (χ0) is 20.3. The van der Waals surface area contributed by atoms with E-state index < -0.39 is 0 Å². The number of fused-ring (bicyclic) bond motifs is 3. The van der Waals surface area contributed by atoms with Crippen LogP contribution in [0.15, 0.2) is 42.6 Å². The van der Waals surface area contributed by atoms with Gasteiger partial charge in [-0.15, -0.1) is 0 Å². The van der Waals surface area contributed by atoms with Crippen molar-refractivity contribution in [1.29, 1.82) is 0 Å². The second-order valence-electron chi connectivity index (χ2n) is 9.01. The van der Waals surface area contributed by atoms with E-state index in [0.717, 1.165) is 74.4 Å². The number of carbonyl (C=O) groups is 1. The molecular weight excluding hydrogens is 376 g/mol. The minimum atomic E-state index is 0.0672. The van der Waals surface area contributed by atoms with Crippen LogP contribution in [0.5, 0.6) is 0 Å². The summed E-state index contributed by atoms with van der Waals surface area (Å²) < 4.78 is 2.14. The van der Waals surface area contributed by atoms with Gasteiger partial charge in [0.2, 0.25) is 0 Å². The molecule has 0 unspecified atom stereocenters. The van der Waals surface area contributed by atoms with Crippen LogP contribution in [-0.2, 0) is 12.0 Å². The predicted octanol–water partition coefficient (Wildman–Crippen LogP) is 2.42. The number of urea groups is 1. The lowest BCUT2D eigenvalue weighted by Gasteiger charge is -2.49. The third-order valence-corrected chi connectivity index (χ3v) is 7.04. The third-order valence-electron chi connectivity index (χ3n) is 7.04. The molecule has 0 aliphatic carbocycles. The number of hydrogen-bond donors (Lipinski definition) is 0. The number of likely N-dealkylation sites (N-methyl/N-ethyl adjacent to an activating group) is 1. The number of benzene rings is 1. The summed E-state index contributed by atoms with van der Waals surface area (Å²) in [5.74, 6) is 0. The summed E-state index contributed by atoms with van der Waals surface area (Å²) in [6, 6.07) is 12.7. The van der Waals surface area contributed by atoms with E-state index in [-0.39, 0.29) is 11.4 Å². The molecule has 1 spiro atoms. The largest absolute Gasteiger partial charge is 0.323 e. The molecule has 7 heteroatoms. The first-order valence-electron chi connectivity index (χ1n) is 10.8. The Bertz CT molecular complexity index is 1120. The average Bonchev–Trinajstić information content (AvgIpc) is 3.32. The highest BCUT2D eigenvalue weighted by atomic mass is 16.2. The van der Waals surface area contributed by atoms with Gasteiger partial charge in [-0.25, -0.2) is 4.79 Å². The molecule has 2 fully saturated rings. The van der Waals surface area contributed by atoms with Crippen LogP contribution in [0, 0.1) is 0 Å². The summed E-state index contributed by atoms with van der Waals surface area (Å²) in [6.07, 6.45) is 2.98. The fraction of sp³-hybridized carbons (Fsp3) is 0.435. The Hall–Kier alpha value is -2.93. The van der Waals surface area contributed by atoms with Gasteiger partial charge in [0.1, 0.15) is 0 Å². The van der Waals surface area contributed by atoms with Gasteiger partial charge in [-0.1, -0.05) is 18.2 Å². The Morgan fingerprint density at radius 2 is 1.80 bits per heavy atom. The smallest absolute Gasteiger partial charge is 0.320 e. The molecule has 6 rings (SSSR count). The van der Waals surface area contributed by atoms with Gasteiger partial charge in [0.15, 0.2) is 0 Å². The molecule has 0 atom stereocenters. The van der Waals surface area contributed by atoms with Gasteiger partial charge in [-0.3, -0.25) is 9.67 Å². The summed E-state index contributed by atoms with van der Waals surface area (Å²) in [4.78, 5) is 23.8. The standard InChI is InChI=1S/C23H26N6O/c1-26-8-10-27(11-9-26)22(30)28-15-23(16-28)6-7-29-21(23)13-20(25-29)18-12-17-4-2-3-5-19(17)24-14-18/h2-5,12-14H,6-11,15-16H2,1H3. The number of piperazine rings is 1. The maximum Gasteiger partial charge on any atom is 0.320 e. The van der Waals surface area contributed by atoms with Crippen LogP contribution in [0.2, 0.25) is 0 Å². The van der Waals surface area contributed by atoms with E-state index >= 15 is 0 Å². The first-order chi connectivity index (χ1) is 14.6. The van der Waals surface area contributed by atoms with E-state index in [0.29, 0.717) is 0 Å². The molecule has 3 aromatic rings. The lowest BCUT2D eigenvalue weighted by Crippen LogP contribution is -2.64. The molecule has 154 valence electrons. The van der Waals surface area contributed by atoms with E-state index in [9.17, 15) is 4.79 Å². The van der Waals surface area contributed by atoms with E-state index in [1.165, 1.54) is 5.69 Å². The van der Waals surface area contributed by atoms with Gasteiger partial charge in [0, 0.05) is 74.1 Å². The quantitative estimate of drug-likeness (QED) is 0.627. The molecule has 2 amide bonds. The predicted molar refractivity (Wildman–Crippen MR) is 115 cm³/mol. The van der Waals surface area contributed by atoms with Crippen LogP contribution < -0.4 is 0 Å². The number of pyridine rings is 1. The van der Waals surface area contributed by atoms with Crippen LogP contribution in [0.1, 0.15) is 12.1 Å². The number of nitrogens with zero attached hydrogens (tertiary/aromatic N) is 6. The van der Waals surface area contributed by atoms with Crippen LogP contribution >= 0.6 is 0 Å². The summed E-state index contributed by atoms with van der Waals surface area (Å²) >= 11 is 0. The highest BCUT2D eigenvalue weighted by Crippen LogP contribution is 2.44. The van der Waals surface area contributed by atoms with Crippen molar-refractivity contribution in [3.8, 4) is 11.3 Å². The first kappa shape index (κ1) is 17.9. The molecule has 30 heavy (non-hydrogen) atoms. The molecule has 3 aliphatic rings. The SMILES string of the molecule is CN1CCN(C(=O)N2CC3(CCn4nc(-c5cnc6ccccc6c5)cc43)C2)CC1. The molecule has 7 nitrogen and oxygen atoms in total. The number of amides is 2. The monoisotopic (exact) mass is 402 g/mol. The number of hydrogen-bond acceptors (Lipinski definition) is 4. The highest BCUT2D eigenvalue weighted by molar-refractivity contribution is 5.83. The molecule has 0 N–H and O–H groups in total. The minimum Gasteiger partial charge on any atom is -0.323 e. The van der Waals surface area contributed by atoms with Crippen molar-refractivity contribution in [3.63, 3.8) is 0 Å². The maximum atomic E-state index is 12.9. The fourth-order valence-electron chi connectivity index (χ4n) is 5.15. The van der Waals surface area contributed by atoms with Crippen LogP contribution in [0.4, 0.5) is 4.79 Å². The lowest BCUT2D eigenvalue weighted by molar-refractivity contribution is 0.0575. The molecule has 0 bridgehead atoms. The number of carbonyl (C=O) groups excluding carboxylic acids is 1. The summed E-state index contributed by atoms with van der Waals surface area (Å²) in [5, 5.41) is 6.00. The Kier molecular flexibility index (Phi) is 3.90. The summed E-state index contributed by atoms with van der Waals surface area (Å²) in [5.41, 5.74) is 4.37. The minimum absolute atomic E-state index is 0.0672. The molecule has 2 aromatic heterocycles. The van der Waals surface area contributed by atoms with Crippen molar-refractivity contribution in [2.45, 2.75) is 18.4 Å².